The second kappa shape index (κ2) is 3.31. The summed E-state index contributed by atoms with van der Waals surface area (Å²) in [5.74, 6) is 6.56. The van der Waals surface area contributed by atoms with Crippen LogP contribution >= 0.6 is 23.5 Å². The van der Waals surface area contributed by atoms with E-state index in [0.717, 1.165) is 28.8 Å². The average Bonchev–Trinajstić information content (AvgIpc) is 2.48. The molecule has 0 atom stereocenters. The number of hydrogen-bond acceptors (Lipinski definition) is 5. The van der Waals surface area contributed by atoms with Crippen molar-refractivity contribution in [2.45, 2.75) is 17.4 Å². The Morgan fingerprint density at radius 1 is 1.14 bits per heavy atom. The number of fused-ring (bicyclic) bond motifs is 1. The predicted molar refractivity (Wildman–Crippen MR) is 61.5 cm³/mol. The lowest BCUT2D eigenvalue weighted by Crippen LogP contribution is -2.20. The number of rotatable bonds is 1. The van der Waals surface area contributed by atoms with Gasteiger partial charge in [0.15, 0.2) is 0 Å². The number of nitrogens with two attached hydrogens (primary N) is 1. The molecule has 74 valence electrons. The molecule has 1 saturated heterocycles. The first kappa shape index (κ1) is 8.85. The number of nitrogen functional groups attached to an aromatic ring is 1. The van der Waals surface area contributed by atoms with Crippen LogP contribution in [0.1, 0.15) is 23.0 Å². The summed E-state index contributed by atoms with van der Waals surface area (Å²) >= 11 is 3.83. The molecule has 0 spiro atoms. The third kappa shape index (κ3) is 1.30. The SMILES string of the molecule is Nc1nc(C2CSC2)nc2c1CSC2. The molecule has 0 aliphatic carbocycles. The maximum Gasteiger partial charge on any atom is 0.135 e. The summed E-state index contributed by atoms with van der Waals surface area (Å²) in [6.07, 6.45) is 0. The first-order chi connectivity index (χ1) is 6.84. The lowest BCUT2D eigenvalue weighted by molar-refractivity contribution is 0.755. The van der Waals surface area contributed by atoms with Crippen LogP contribution < -0.4 is 5.73 Å². The fraction of sp³-hybridized carbons (Fsp3) is 0.556. The Hall–Kier alpha value is -0.420. The third-order valence-electron chi connectivity index (χ3n) is 2.63. The summed E-state index contributed by atoms with van der Waals surface area (Å²) in [4.78, 5) is 9.02. The zero-order chi connectivity index (χ0) is 9.54. The molecule has 3 heterocycles. The van der Waals surface area contributed by atoms with Gasteiger partial charge in [-0.1, -0.05) is 0 Å². The fourth-order valence-corrected chi connectivity index (χ4v) is 3.49. The number of nitrogens with zero attached hydrogens (tertiary/aromatic N) is 2. The molecule has 0 bridgehead atoms. The quantitative estimate of drug-likeness (QED) is 0.787. The van der Waals surface area contributed by atoms with Gasteiger partial charge in [-0.3, -0.25) is 0 Å². The third-order valence-corrected chi connectivity index (χ3v) is 4.88. The summed E-state index contributed by atoms with van der Waals surface area (Å²) < 4.78 is 0. The van der Waals surface area contributed by atoms with Crippen LogP contribution in [0.3, 0.4) is 0 Å². The van der Waals surface area contributed by atoms with Crippen molar-refractivity contribution in [3.63, 3.8) is 0 Å². The summed E-state index contributed by atoms with van der Waals surface area (Å²) in [7, 11) is 0. The van der Waals surface area contributed by atoms with Crippen molar-refractivity contribution in [3.05, 3.63) is 17.1 Å². The Balaban J connectivity index is 2.02. The maximum atomic E-state index is 5.92. The van der Waals surface area contributed by atoms with Gasteiger partial charge in [0.2, 0.25) is 0 Å². The van der Waals surface area contributed by atoms with E-state index in [-0.39, 0.29) is 0 Å². The second-order valence-corrected chi connectivity index (χ2v) is 5.68. The van der Waals surface area contributed by atoms with Crippen LogP contribution in [0.4, 0.5) is 5.82 Å². The molecule has 0 aromatic carbocycles. The molecule has 5 heteroatoms. The standard InChI is InChI=1S/C9H11N3S2/c10-8-6-3-14-4-7(6)11-9(12-8)5-1-13-2-5/h5H,1-4H2,(H2,10,11,12). The molecule has 1 aromatic rings. The molecule has 14 heavy (non-hydrogen) atoms. The second-order valence-electron chi connectivity index (χ2n) is 3.62. The van der Waals surface area contributed by atoms with Crippen LogP contribution in [0.15, 0.2) is 0 Å². The topological polar surface area (TPSA) is 51.8 Å². The summed E-state index contributed by atoms with van der Waals surface area (Å²) in [5.41, 5.74) is 8.27. The first-order valence-corrected chi connectivity index (χ1v) is 6.96. The van der Waals surface area contributed by atoms with Crippen molar-refractivity contribution in [1.29, 1.82) is 0 Å². The number of hydrogen-bond donors (Lipinski definition) is 1. The molecule has 2 aliphatic rings. The molecule has 0 unspecified atom stereocenters. The normalized spacial score (nSPS) is 20.6. The Morgan fingerprint density at radius 3 is 2.71 bits per heavy atom. The van der Waals surface area contributed by atoms with Crippen molar-refractivity contribution in [2.24, 2.45) is 0 Å². The van der Waals surface area contributed by atoms with Crippen LogP contribution in [-0.2, 0) is 11.5 Å². The van der Waals surface area contributed by atoms with E-state index in [1.54, 1.807) is 0 Å². The Kier molecular flexibility index (Phi) is 2.09. The molecule has 1 aromatic heterocycles. The Bertz CT molecular complexity index is 377. The van der Waals surface area contributed by atoms with Crippen LogP contribution in [0.25, 0.3) is 0 Å². The van der Waals surface area contributed by atoms with Gasteiger partial charge in [-0.2, -0.15) is 23.5 Å². The van der Waals surface area contributed by atoms with Crippen molar-refractivity contribution in [3.8, 4) is 0 Å². The highest BCUT2D eigenvalue weighted by atomic mass is 32.2. The van der Waals surface area contributed by atoms with E-state index in [9.17, 15) is 0 Å². The zero-order valence-electron chi connectivity index (χ0n) is 7.69. The van der Waals surface area contributed by atoms with E-state index < -0.39 is 0 Å². The maximum absolute atomic E-state index is 5.92. The van der Waals surface area contributed by atoms with Gasteiger partial charge < -0.3 is 5.73 Å². The number of anilines is 1. The van der Waals surface area contributed by atoms with E-state index in [1.165, 1.54) is 11.3 Å². The molecule has 0 saturated carbocycles. The van der Waals surface area contributed by atoms with Gasteiger partial charge in [0.25, 0.3) is 0 Å². The smallest absolute Gasteiger partial charge is 0.135 e. The minimum absolute atomic E-state index is 0.554. The van der Waals surface area contributed by atoms with E-state index in [4.69, 9.17) is 5.73 Å². The fourth-order valence-electron chi connectivity index (χ4n) is 1.66. The lowest BCUT2D eigenvalue weighted by Gasteiger charge is -2.23. The van der Waals surface area contributed by atoms with Crippen LogP contribution in [0, 0.1) is 0 Å². The largest absolute Gasteiger partial charge is 0.383 e. The lowest BCUT2D eigenvalue weighted by atomic mass is 10.1. The molecular weight excluding hydrogens is 214 g/mol. The Morgan fingerprint density at radius 2 is 2.00 bits per heavy atom. The molecule has 1 fully saturated rings. The Labute approximate surface area is 91.3 Å². The van der Waals surface area contributed by atoms with Crippen molar-refractivity contribution in [2.75, 3.05) is 17.2 Å². The van der Waals surface area contributed by atoms with Crippen molar-refractivity contribution < 1.29 is 0 Å². The van der Waals surface area contributed by atoms with E-state index >= 15 is 0 Å². The minimum atomic E-state index is 0.554. The van der Waals surface area contributed by atoms with Crippen molar-refractivity contribution in [1.82, 2.24) is 9.97 Å². The monoisotopic (exact) mass is 225 g/mol. The van der Waals surface area contributed by atoms with E-state index in [0.29, 0.717) is 11.7 Å². The van der Waals surface area contributed by atoms with Crippen LogP contribution in [0.2, 0.25) is 0 Å². The molecule has 3 nitrogen and oxygen atoms in total. The molecule has 3 rings (SSSR count). The molecule has 0 amide bonds. The number of aromatic nitrogens is 2. The minimum Gasteiger partial charge on any atom is -0.383 e. The predicted octanol–water partition coefficient (Wildman–Crippen LogP) is 1.64. The molecule has 2 N–H and O–H groups in total. The van der Waals surface area contributed by atoms with E-state index in [2.05, 4.69) is 9.97 Å². The summed E-state index contributed by atoms with van der Waals surface area (Å²) in [6.45, 7) is 0. The molecule has 2 aliphatic heterocycles. The average molecular weight is 225 g/mol. The van der Waals surface area contributed by atoms with Crippen LogP contribution in [0.5, 0.6) is 0 Å². The molecule has 0 radical (unpaired) electrons. The summed E-state index contributed by atoms with van der Waals surface area (Å²) in [6, 6.07) is 0. The van der Waals surface area contributed by atoms with Crippen molar-refractivity contribution >= 4 is 29.3 Å². The van der Waals surface area contributed by atoms with E-state index in [1.807, 2.05) is 23.5 Å². The first-order valence-electron chi connectivity index (χ1n) is 4.65. The van der Waals surface area contributed by atoms with Gasteiger partial charge in [-0.15, -0.1) is 0 Å². The highest BCUT2D eigenvalue weighted by Crippen LogP contribution is 2.36. The van der Waals surface area contributed by atoms with Gasteiger partial charge >= 0.3 is 0 Å². The highest BCUT2D eigenvalue weighted by molar-refractivity contribution is 8.00. The zero-order valence-corrected chi connectivity index (χ0v) is 9.33. The molecular formula is C9H11N3S2. The van der Waals surface area contributed by atoms with Crippen LogP contribution in [-0.4, -0.2) is 21.5 Å². The van der Waals surface area contributed by atoms with Gasteiger partial charge in [0, 0.05) is 34.5 Å². The number of thioether (sulfide) groups is 2. The van der Waals surface area contributed by atoms with Gasteiger partial charge in [0.05, 0.1) is 5.69 Å². The highest BCUT2D eigenvalue weighted by Gasteiger charge is 2.26. The van der Waals surface area contributed by atoms with Gasteiger partial charge in [-0.25, -0.2) is 9.97 Å². The summed E-state index contributed by atoms with van der Waals surface area (Å²) in [5, 5.41) is 0. The van der Waals surface area contributed by atoms with Gasteiger partial charge in [0.1, 0.15) is 11.6 Å². The van der Waals surface area contributed by atoms with Gasteiger partial charge in [-0.05, 0) is 0 Å².